The van der Waals surface area contributed by atoms with Crippen molar-refractivity contribution in [2.24, 2.45) is 0 Å². The monoisotopic (exact) mass is 322 g/mol. The quantitative estimate of drug-likeness (QED) is 0.823. The highest BCUT2D eigenvalue weighted by Crippen LogP contribution is 2.24. The molecule has 0 saturated carbocycles. The maximum atomic E-state index is 12.1. The van der Waals surface area contributed by atoms with E-state index in [1.165, 1.54) is 18.2 Å². The maximum Gasteiger partial charge on any atom is 0.387 e. The SMILES string of the molecule is CCOC(=O)c1ccc(Cc2ccc(OC(F)F)cc2)c(O)c1. The third kappa shape index (κ3) is 4.67. The third-order valence-corrected chi connectivity index (χ3v) is 3.14. The van der Waals surface area contributed by atoms with E-state index in [2.05, 4.69) is 4.74 Å². The molecule has 0 aromatic heterocycles. The Morgan fingerprint density at radius 1 is 1.17 bits per heavy atom. The molecule has 0 heterocycles. The average molecular weight is 322 g/mol. The van der Waals surface area contributed by atoms with E-state index in [1.54, 1.807) is 31.2 Å². The Bertz CT molecular complexity index is 669. The first-order chi connectivity index (χ1) is 11.0. The molecule has 0 aliphatic carbocycles. The van der Waals surface area contributed by atoms with Gasteiger partial charge in [0.15, 0.2) is 0 Å². The minimum atomic E-state index is -2.86. The number of hydrogen-bond acceptors (Lipinski definition) is 4. The van der Waals surface area contributed by atoms with Crippen molar-refractivity contribution in [1.82, 2.24) is 0 Å². The summed E-state index contributed by atoms with van der Waals surface area (Å²) in [6, 6.07) is 10.7. The zero-order valence-corrected chi connectivity index (χ0v) is 12.5. The fourth-order valence-electron chi connectivity index (χ4n) is 2.06. The molecule has 0 unspecified atom stereocenters. The van der Waals surface area contributed by atoms with Crippen molar-refractivity contribution < 1.29 is 28.2 Å². The molecule has 0 fully saturated rings. The first-order valence-electron chi connectivity index (χ1n) is 7.02. The molecule has 0 aliphatic rings. The molecule has 0 amide bonds. The number of aromatic hydroxyl groups is 1. The molecule has 0 radical (unpaired) electrons. The number of carbonyl (C=O) groups is 1. The van der Waals surface area contributed by atoms with Crippen LogP contribution in [0.25, 0.3) is 0 Å². The molecule has 0 bridgehead atoms. The topological polar surface area (TPSA) is 55.8 Å². The van der Waals surface area contributed by atoms with Crippen LogP contribution in [0.15, 0.2) is 42.5 Å². The first kappa shape index (κ1) is 16.7. The number of halogens is 2. The van der Waals surface area contributed by atoms with E-state index in [0.29, 0.717) is 12.0 Å². The summed E-state index contributed by atoms with van der Waals surface area (Å²) >= 11 is 0. The zero-order valence-electron chi connectivity index (χ0n) is 12.5. The van der Waals surface area contributed by atoms with Crippen molar-refractivity contribution in [2.45, 2.75) is 20.0 Å². The molecule has 122 valence electrons. The van der Waals surface area contributed by atoms with Crippen molar-refractivity contribution in [3.05, 3.63) is 59.2 Å². The fraction of sp³-hybridized carbons (Fsp3) is 0.235. The van der Waals surface area contributed by atoms with Crippen LogP contribution in [0.2, 0.25) is 0 Å². The van der Waals surface area contributed by atoms with Crippen LogP contribution in [0.3, 0.4) is 0 Å². The van der Waals surface area contributed by atoms with E-state index in [4.69, 9.17) is 4.74 Å². The van der Waals surface area contributed by atoms with Gasteiger partial charge in [0.2, 0.25) is 0 Å². The van der Waals surface area contributed by atoms with Gasteiger partial charge in [-0.3, -0.25) is 0 Å². The molecule has 2 rings (SSSR count). The van der Waals surface area contributed by atoms with Gasteiger partial charge in [0, 0.05) is 6.42 Å². The van der Waals surface area contributed by atoms with E-state index >= 15 is 0 Å². The Morgan fingerprint density at radius 3 is 2.43 bits per heavy atom. The number of hydrogen-bond donors (Lipinski definition) is 1. The summed E-state index contributed by atoms with van der Waals surface area (Å²) in [5.74, 6) is -0.447. The van der Waals surface area contributed by atoms with Crippen LogP contribution in [0.5, 0.6) is 11.5 Å². The van der Waals surface area contributed by atoms with E-state index in [1.807, 2.05) is 0 Å². The fourth-order valence-corrected chi connectivity index (χ4v) is 2.06. The third-order valence-electron chi connectivity index (χ3n) is 3.14. The average Bonchev–Trinajstić information content (AvgIpc) is 2.51. The smallest absolute Gasteiger partial charge is 0.387 e. The highest BCUT2D eigenvalue weighted by atomic mass is 19.3. The second-order valence-electron chi connectivity index (χ2n) is 4.76. The van der Waals surface area contributed by atoms with Gasteiger partial charge in [-0.15, -0.1) is 0 Å². The summed E-state index contributed by atoms with van der Waals surface area (Å²) in [5, 5.41) is 10.0. The van der Waals surface area contributed by atoms with Crippen LogP contribution in [-0.2, 0) is 11.2 Å². The van der Waals surface area contributed by atoms with Crippen molar-refractivity contribution in [2.75, 3.05) is 6.61 Å². The lowest BCUT2D eigenvalue weighted by atomic mass is 10.0. The van der Waals surface area contributed by atoms with Gasteiger partial charge in [0.1, 0.15) is 11.5 Å². The molecule has 0 saturated heterocycles. The number of phenolic OH excluding ortho intramolecular Hbond substituents is 1. The van der Waals surface area contributed by atoms with Gasteiger partial charge in [0.25, 0.3) is 0 Å². The first-order valence-corrected chi connectivity index (χ1v) is 7.02. The number of phenols is 1. The largest absolute Gasteiger partial charge is 0.508 e. The Labute approximate surface area is 132 Å². The van der Waals surface area contributed by atoms with Gasteiger partial charge >= 0.3 is 12.6 Å². The molecule has 2 aromatic rings. The molecule has 2 aromatic carbocycles. The van der Waals surface area contributed by atoms with E-state index in [0.717, 1.165) is 5.56 Å². The molecule has 4 nitrogen and oxygen atoms in total. The standard InChI is InChI=1S/C17H16F2O4/c1-2-22-16(21)13-6-5-12(15(20)10-13)9-11-3-7-14(8-4-11)23-17(18)19/h3-8,10,17,20H,2,9H2,1H3. The van der Waals surface area contributed by atoms with Crippen LogP contribution in [0.1, 0.15) is 28.4 Å². The number of ether oxygens (including phenoxy) is 2. The number of alkyl halides is 2. The number of carbonyl (C=O) groups excluding carboxylic acids is 1. The summed E-state index contributed by atoms with van der Waals surface area (Å²) < 4.78 is 33.3. The minimum absolute atomic E-state index is 0.0246. The van der Waals surface area contributed by atoms with E-state index < -0.39 is 12.6 Å². The Kier molecular flexibility index (Phi) is 5.51. The molecule has 6 heteroatoms. The predicted molar refractivity (Wildman–Crippen MR) is 79.9 cm³/mol. The Balaban J connectivity index is 2.09. The summed E-state index contributed by atoms with van der Waals surface area (Å²) in [6.45, 7) is -0.901. The lowest BCUT2D eigenvalue weighted by molar-refractivity contribution is -0.0498. The van der Waals surface area contributed by atoms with Gasteiger partial charge in [-0.25, -0.2) is 4.79 Å². The van der Waals surface area contributed by atoms with E-state index in [-0.39, 0.29) is 23.7 Å². The van der Waals surface area contributed by atoms with Gasteiger partial charge in [-0.2, -0.15) is 8.78 Å². The van der Waals surface area contributed by atoms with Gasteiger partial charge in [0.05, 0.1) is 12.2 Å². The van der Waals surface area contributed by atoms with Crippen LogP contribution < -0.4 is 4.74 Å². The lowest BCUT2D eigenvalue weighted by Gasteiger charge is -2.09. The Morgan fingerprint density at radius 2 is 1.87 bits per heavy atom. The molecule has 0 spiro atoms. The Hall–Kier alpha value is -2.63. The molecular formula is C17H16F2O4. The molecule has 1 N–H and O–H groups in total. The predicted octanol–water partition coefficient (Wildman–Crippen LogP) is 3.76. The van der Waals surface area contributed by atoms with Crippen molar-refractivity contribution in [3.8, 4) is 11.5 Å². The van der Waals surface area contributed by atoms with Gasteiger partial charge < -0.3 is 14.6 Å². The summed E-state index contributed by atoms with van der Waals surface area (Å²) in [5.41, 5.74) is 1.69. The molecule has 0 atom stereocenters. The normalized spacial score (nSPS) is 10.6. The second kappa shape index (κ2) is 7.58. The number of rotatable bonds is 6. The van der Waals surface area contributed by atoms with Crippen LogP contribution in [-0.4, -0.2) is 24.3 Å². The highest BCUT2D eigenvalue weighted by Gasteiger charge is 2.11. The minimum Gasteiger partial charge on any atom is -0.508 e. The van der Waals surface area contributed by atoms with Crippen LogP contribution in [0.4, 0.5) is 8.78 Å². The number of benzene rings is 2. The van der Waals surface area contributed by atoms with Crippen molar-refractivity contribution in [1.29, 1.82) is 0 Å². The van der Waals surface area contributed by atoms with Crippen LogP contribution in [0, 0.1) is 0 Å². The van der Waals surface area contributed by atoms with Gasteiger partial charge in [-0.05, 0) is 42.3 Å². The highest BCUT2D eigenvalue weighted by molar-refractivity contribution is 5.90. The summed E-state index contributed by atoms with van der Waals surface area (Å²) in [4.78, 5) is 11.6. The molecule has 23 heavy (non-hydrogen) atoms. The summed E-state index contributed by atoms with van der Waals surface area (Å²) in [7, 11) is 0. The lowest BCUT2D eigenvalue weighted by Crippen LogP contribution is -2.04. The van der Waals surface area contributed by atoms with Crippen molar-refractivity contribution in [3.63, 3.8) is 0 Å². The maximum absolute atomic E-state index is 12.1. The summed E-state index contributed by atoms with van der Waals surface area (Å²) in [6.07, 6.45) is 0.393. The molecule has 0 aliphatic heterocycles. The van der Waals surface area contributed by atoms with Gasteiger partial charge in [-0.1, -0.05) is 18.2 Å². The van der Waals surface area contributed by atoms with Crippen LogP contribution >= 0.6 is 0 Å². The second-order valence-corrected chi connectivity index (χ2v) is 4.76. The molecular weight excluding hydrogens is 306 g/mol. The van der Waals surface area contributed by atoms with E-state index in [9.17, 15) is 18.7 Å². The zero-order chi connectivity index (χ0) is 16.8. The number of esters is 1. The van der Waals surface area contributed by atoms with Crippen molar-refractivity contribution >= 4 is 5.97 Å².